The summed E-state index contributed by atoms with van der Waals surface area (Å²) in [4.78, 5) is 20.9. The first kappa shape index (κ1) is 13.6. The van der Waals surface area contributed by atoms with E-state index in [4.69, 9.17) is 0 Å². The number of hydrogen-bond donors (Lipinski definition) is 0. The van der Waals surface area contributed by atoms with Crippen LogP contribution < -0.4 is 0 Å². The van der Waals surface area contributed by atoms with Gasteiger partial charge in [0.15, 0.2) is 5.69 Å². The fraction of sp³-hybridized carbons (Fsp3) is 0.182. The standard InChI is InChI=1S/C11H9FN4O4/c1-20-11(17)9-6-15(14-13-9)5-7-2-3-10(16(18)19)8(12)4-7/h2-4,6H,5H2,1H3. The second-order valence-corrected chi connectivity index (χ2v) is 3.84. The highest BCUT2D eigenvalue weighted by Gasteiger charge is 2.15. The predicted octanol–water partition coefficient (Wildman–Crippen LogP) is 1.16. The number of aromatic nitrogens is 3. The van der Waals surface area contributed by atoms with E-state index in [1.54, 1.807) is 0 Å². The third-order valence-corrected chi connectivity index (χ3v) is 2.49. The van der Waals surface area contributed by atoms with Crippen molar-refractivity contribution in [1.29, 1.82) is 0 Å². The monoisotopic (exact) mass is 280 g/mol. The van der Waals surface area contributed by atoms with Crippen molar-refractivity contribution in [2.45, 2.75) is 6.54 Å². The summed E-state index contributed by atoms with van der Waals surface area (Å²) in [5.41, 5.74) is -0.119. The molecular weight excluding hydrogens is 271 g/mol. The Labute approximate surface area is 111 Å². The van der Waals surface area contributed by atoms with E-state index in [1.165, 1.54) is 24.1 Å². The Morgan fingerprint density at radius 1 is 1.55 bits per heavy atom. The van der Waals surface area contributed by atoms with E-state index in [0.717, 1.165) is 12.1 Å². The molecule has 0 radical (unpaired) electrons. The molecule has 0 aliphatic heterocycles. The second-order valence-electron chi connectivity index (χ2n) is 3.84. The zero-order chi connectivity index (χ0) is 14.7. The number of hydrogen-bond acceptors (Lipinski definition) is 6. The van der Waals surface area contributed by atoms with Crippen LogP contribution in [0.1, 0.15) is 16.1 Å². The van der Waals surface area contributed by atoms with Crippen LogP contribution in [0, 0.1) is 15.9 Å². The molecule has 1 aromatic carbocycles. The number of nitro groups is 1. The van der Waals surface area contributed by atoms with Crippen molar-refractivity contribution >= 4 is 11.7 Å². The molecule has 0 spiro atoms. The van der Waals surface area contributed by atoms with E-state index in [9.17, 15) is 19.3 Å². The molecule has 1 aromatic heterocycles. The second kappa shape index (κ2) is 5.43. The minimum Gasteiger partial charge on any atom is -0.464 e. The van der Waals surface area contributed by atoms with Crippen LogP contribution in [0.25, 0.3) is 0 Å². The number of benzene rings is 1. The maximum Gasteiger partial charge on any atom is 0.360 e. The Balaban J connectivity index is 2.18. The lowest BCUT2D eigenvalue weighted by Gasteiger charge is -2.01. The van der Waals surface area contributed by atoms with Gasteiger partial charge >= 0.3 is 11.7 Å². The molecule has 0 saturated carbocycles. The fourth-order valence-corrected chi connectivity index (χ4v) is 1.56. The summed E-state index contributed by atoms with van der Waals surface area (Å²) in [6.07, 6.45) is 1.34. The van der Waals surface area contributed by atoms with Crippen molar-refractivity contribution in [3.05, 3.63) is 51.6 Å². The van der Waals surface area contributed by atoms with Crippen molar-refractivity contribution in [1.82, 2.24) is 15.0 Å². The summed E-state index contributed by atoms with van der Waals surface area (Å²) in [6, 6.07) is 3.52. The van der Waals surface area contributed by atoms with Gasteiger partial charge in [0, 0.05) is 6.07 Å². The Bertz CT molecular complexity index is 670. The van der Waals surface area contributed by atoms with Gasteiger partial charge in [0.05, 0.1) is 24.8 Å². The molecule has 0 saturated heterocycles. The normalized spacial score (nSPS) is 10.3. The highest BCUT2D eigenvalue weighted by Crippen LogP contribution is 2.18. The van der Waals surface area contributed by atoms with Gasteiger partial charge in [-0.05, 0) is 11.6 Å². The minimum absolute atomic E-state index is 0.0230. The molecule has 104 valence electrons. The van der Waals surface area contributed by atoms with Gasteiger partial charge in [-0.3, -0.25) is 10.1 Å². The molecule has 20 heavy (non-hydrogen) atoms. The molecule has 9 heteroatoms. The summed E-state index contributed by atoms with van der Waals surface area (Å²) in [6.45, 7) is 0.124. The highest BCUT2D eigenvalue weighted by molar-refractivity contribution is 5.86. The van der Waals surface area contributed by atoms with Gasteiger partial charge in [0.1, 0.15) is 0 Å². The van der Waals surface area contributed by atoms with Crippen molar-refractivity contribution < 1.29 is 18.8 Å². The van der Waals surface area contributed by atoms with Gasteiger partial charge in [-0.2, -0.15) is 4.39 Å². The molecule has 2 aromatic rings. The van der Waals surface area contributed by atoms with E-state index in [-0.39, 0.29) is 12.2 Å². The first-order valence-corrected chi connectivity index (χ1v) is 5.42. The van der Waals surface area contributed by atoms with Gasteiger partial charge in [-0.25, -0.2) is 9.48 Å². The number of ether oxygens (including phenoxy) is 1. The molecular formula is C11H9FN4O4. The predicted molar refractivity (Wildman–Crippen MR) is 63.5 cm³/mol. The summed E-state index contributed by atoms with van der Waals surface area (Å²) in [7, 11) is 1.22. The number of nitrogens with zero attached hydrogens (tertiary/aromatic N) is 4. The first-order valence-electron chi connectivity index (χ1n) is 5.42. The zero-order valence-corrected chi connectivity index (χ0v) is 10.3. The molecule has 0 bridgehead atoms. The summed E-state index contributed by atoms with van der Waals surface area (Å²) in [5.74, 6) is -1.56. The van der Waals surface area contributed by atoms with Crippen LogP contribution in [0.4, 0.5) is 10.1 Å². The molecule has 2 rings (SSSR count). The van der Waals surface area contributed by atoms with Gasteiger partial charge < -0.3 is 4.74 Å². The smallest absolute Gasteiger partial charge is 0.360 e. The highest BCUT2D eigenvalue weighted by atomic mass is 19.1. The molecule has 0 aliphatic carbocycles. The van der Waals surface area contributed by atoms with Gasteiger partial charge in [0.25, 0.3) is 0 Å². The maximum absolute atomic E-state index is 13.4. The number of rotatable bonds is 4. The third kappa shape index (κ3) is 2.76. The minimum atomic E-state index is -0.930. The van der Waals surface area contributed by atoms with E-state index < -0.39 is 22.4 Å². The zero-order valence-electron chi connectivity index (χ0n) is 10.3. The lowest BCUT2D eigenvalue weighted by molar-refractivity contribution is -0.387. The molecule has 0 aliphatic rings. The van der Waals surface area contributed by atoms with E-state index in [2.05, 4.69) is 15.0 Å². The third-order valence-electron chi connectivity index (χ3n) is 2.49. The van der Waals surface area contributed by atoms with E-state index >= 15 is 0 Å². The van der Waals surface area contributed by atoms with Gasteiger partial charge in [-0.15, -0.1) is 5.10 Å². The maximum atomic E-state index is 13.4. The van der Waals surface area contributed by atoms with Crippen LogP contribution in [0.2, 0.25) is 0 Å². The number of esters is 1. The molecule has 0 amide bonds. The molecule has 1 heterocycles. The summed E-state index contributed by atoms with van der Waals surface area (Å²) >= 11 is 0. The number of carbonyl (C=O) groups is 1. The molecule has 0 atom stereocenters. The van der Waals surface area contributed by atoms with Crippen LogP contribution in [-0.2, 0) is 11.3 Å². The molecule has 0 N–H and O–H groups in total. The molecule has 8 nitrogen and oxygen atoms in total. The average Bonchev–Trinajstić information content (AvgIpc) is 2.86. The van der Waals surface area contributed by atoms with E-state index in [0.29, 0.717) is 5.56 Å². The number of nitro benzene ring substituents is 1. The topological polar surface area (TPSA) is 100 Å². The number of halogens is 1. The Morgan fingerprint density at radius 2 is 2.30 bits per heavy atom. The summed E-state index contributed by atoms with van der Waals surface area (Å²) in [5, 5.41) is 17.8. The largest absolute Gasteiger partial charge is 0.464 e. The Kier molecular flexibility index (Phi) is 3.69. The Morgan fingerprint density at radius 3 is 2.90 bits per heavy atom. The lowest BCUT2D eigenvalue weighted by Crippen LogP contribution is -2.02. The number of carbonyl (C=O) groups excluding carboxylic acids is 1. The van der Waals surface area contributed by atoms with Crippen LogP contribution >= 0.6 is 0 Å². The quantitative estimate of drug-likeness (QED) is 0.473. The van der Waals surface area contributed by atoms with Gasteiger partial charge in [-0.1, -0.05) is 11.3 Å². The van der Waals surface area contributed by atoms with Crippen LogP contribution in [0.5, 0.6) is 0 Å². The molecule has 0 unspecified atom stereocenters. The van der Waals surface area contributed by atoms with Crippen molar-refractivity contribution in [2.24, 2.45) is 0 Å². The van der Waals surface area contributed by atoms with Crippen LogP contribution in [0.15, 0.2) is 24.4 Å². The van der Waals surface area contributed by atoms with E-state index in [1.807, 2.05) is 0 Å². The number of methoxy groups -OCH3 is 1. The average molecular weight is 280 g/mol. The van der Waals surface area contributed by atoms with Crippen molar-refractivity contribution in [3.63, 3.8) is 0 Å². The SMILES string of the molecule is COC(=O)c1cn(Cc2ccc([N+](=O)[O-])c(F)c2)nn1. The van der Waals surface area contributed by atoms with Crippen molar-refractivity contribution in [3.8, 4) is 0 Å². The summed E-state index contributed by atoms with van der Waals surface area (Å²) < 4.78 is 19.2. The van der Waals surface area contributed by atoms with Gasteiger partial charge in [0.2, 0.25) is 5.82 Å². The van der Waals surface area contributed by atoms with Crippen LogP contribution in [0.3, 0.4) is 0 Å². The fourth-order valence-electron chi connectivity index (χ4n) is 1.56. The van der Waals surface area contributed by atoms with Crippen LogP contribution in [-0.4, -0.2) is 33.0 Å². The molecule has 0 fully saturated rings. The van der Waals surface area contributed by atoms with Crippen molar-refractivity contribution in [2.75, 3.05) is 7.11 Å². The Hall–Kier alpha value is -2.84. The first-order chi connectivity index (χ1) is 9.51. The lowest BCUT2D eigenvalue weighted by atomic mass is 10.2.